The van der Waals surface area contributed by atoms with E-state index in [2.05, 4.69) is 53.5 Å². The molecule has 1 aliphatic rings. The maximum Gasteiger partial charge on any atom is 0.306 e. The first-order valence-corrected chi connectivity index (χ1v) is 10.3. The highest BCUT2D eigenvalue weighted by molar-refractivity contribution is 5.69. The largest absolute Gasteiger partial charge is 0.462 e. The molecule has 0 amide bonds. The number of piperidine rings is 1. The fourth-order valence-corrected chi connectivity index (χ4v) is 4.02. The zero-order chi connectivity index (χ0) is 19.1. The van der Waals surface area contributed by atoms with Crippen LogP contribution in [0.1, 0.15) is 106 Å². The van der Waals surface area contributed by atoms with Gasteiger partial charge in [-0.3, -0.25) is 9.63 Å². The molecule has 0 saturated carbocycles. The van der Waals surface area contributed by atoms with Crippen molar-refractivity contribution in [1.29, 1.82) is 0 Å². The minimum Gasteiger partial charge on any atom is -0.462 e. The van der Waals surface area contributed by atoms with Crippen LogP contribution in [0.5, 0.6) is 0 Å². The van der Waals surface area contributed by atoms with Crippen molar-refractivity contribution in [2.24, 2.45) is 0 Å². The van der Waals surface area contributed by atoms with Gasteiger partial charge in [-0.25, -0.2) is 0 Å². The molecule has 4 nitrogen and oxygen atoms in total. The van der Waals surface area contributed by atoms with E-state index in [4.69, 9.17) is 9.57 Å². The van der Waals surface area contributed by atoms with Gasteiger partial charge in [0.2, 0.25) is 0 Å². The van der Waals surface area contributed by atoms with E-state index in [1.165, 1.54) is 12.8 Å². The summed E-state index contributed by atoms with van der Waals surface area (Å²) in [5.74, 6) is -0.0535. The summed E-state index contributed by atoms with van der Waals surface area (Å²) in [4.78, 5) is 18.5. The molecule has 1 rings (SSSR count). The molecule has 1 unspecified atom stereocenters. The molecule has 4 heteroatoms. The van der Waals surface area contributed by atoms with Crippen LogP contribution in [0, 0.1) is 0 Å². The van der Waals surface area contributed by atoms with E-state index in [-0.39, 0.29) is 29.3 Å². The lowest BCUT2D eigenvalue weighted by molar-refractivity contribution is -0.316. The third-order valence-electron chi connectivity index (χ3n) is 5.18. The highest BCUT2D eigenvalue weighted by atomic mass is 16.7. The first-order chi connectivity index (χ1) is 11.7. The van der Waals surface area contributed by atoms with Crippen LogP contribution in [-0.2, 0) is 14.4 Å². The lowest BCUT2D eigenvalue weighted by Crippen LogP contribution is -2.62. The lowest BCUT2D eigenvalue weighted by Gasteiger charge is -2.54. The van der Waals surface area contributed by atoms with Gasteiger partial charge in [0.25, 0.3) is 0 Å². The molecule has 1 aliphatic heterocycles. The molecule has 0 N–H and O–H groups in total. The molecule has 148 valence electrons. The standard InChI is InChI=1S/C21H41NO3/c1-8-11-13-17(10-3)25-22-20(4,5)15-18(16-21(22,6)7)24-19(23)14-12-9-2/h17-18H,8-16H2,1-7H3. The van der Waals surface area contributed by atoms with Crippen molar-refractivity contribution in [3.8, 4) is 0 Å². The van der Waals surface area contributed by atoms with Gasteiger partial charge < -0.3 is 4.74 Å². The Bertz CT molecular complexity index is 388. The van der Waals surface area contributed by atoms with Crippen molar-refractivity contribution in [2.45, 2.75) is 130 Å². The minimum absolute atomic E-state index is 0.0232. The summed E-state index contributed by atoms with van der Waals surface area (Å²) in [5, 5.41) is 2.19. The first-order valence-electron chi connectivity index (χ1n) is 10.3. The van der Waals surface area contributed by atoms with Crippen LogP contribution in [0.4, 0.5) is 0 Å². The van der Waals surface area contributed by atoms with Crippen molar-refractivity contribution in [3.05, 3.63) is 0 Å². The number of carbonyl (C=O) groups excluding carboxylic acids is 1. The summed E-state index contributed by atoms with van der Waals surface area (Å²) < 4.78 is 5.79. The third-order valence-corrected chi connectivity index (χ3v) is 5.18. The predicted octanol–water partition coefficient (Wildman–Crippen LogP) is 5.64. The second-order valence-corrected chi connectivity index (χ2v) is 8.82. The maximum atomic E-state index is 12.0. The molecule has 0 aromatic carbocycles. The van der Waals surface area contributed by atoms with Crippen molar-refractivity contribution in [1.82, 2.24) is 5.06 Å². The Kier molecular flexibility index (Phi) is 8.90. The summed E-state index contributed by atoms with van der Waals surface area (Å²) in [5.41, 5.74) is -0.311. The number of rotatable bonds is 10. The number of hydrogen-bond acceptors (Lipinski definition) is 4. The minimum atomic E-state index is -0.156. The van der Waals surface area contributed by atoms with Crippen molar-refractivity contribution in [3.63, 3.8) is 0 Å². The predicted molar refractivity (Wildman–Crippen MR) is 103 cm³/mol. The Morgan fingerprint density at radius 2 is 1.60 bits per heavy atom. The van der Waals surface area contributed by atoms with E-state index < -0.39 is 0 Å². The molecular formula is C21H41NO3. The van der Waals surface area contributed by atoms with Crippen LogP contribution in [0.3, 0.4) is 0 Å². The fourth-order valence-electron chi connectivity index (χ4n) is 4.02. The summed E-state index contributed by atoms with van der Waals surface area (Å²) in [6.07, 6.45) is 8.86. The Morgan fingerprint density at radius 1 is 1.04 bits per heavy atom. The highest BCUT2D eigenvalue weighted by Gasteiger charge is 2.48. The number of ether oxygens (including phenoxy) is 1. The molecular weight excluding hydrogens is 314 g/mol. The smallest absolute Gasteiger partial charge is 0.306 e. The van der Waals surface area contributed by atoms with E-state index >= 15 is 0 Å². The SMILES string of the molecule is CCCCC(=O)OC1CC(C)(C)N(OC(CC)CCCC)C(C)(C)C1. The zero-order valence-electron chi connectivity index (χ0n) is 17.7. The summed E-state index contributed by atoms with van der Waals surface area (Å²) in [6, 6.07) is 0. The second-order valence-electron chi connectivity index (χ2n) is 8.82. The number of carbonyl (C=O) groups is 1. The molecule has 0 spiro atoms. The van der Waals surface area contributed by atoms with Crippen molar-refractivity contribution in [2.75, 3.05) is 0 Å². The van der Waals surface area contributed by atoms with Gasteiger partial charge in [0, 0.05) is 30.3 Å². The molecule has 1 atom stereocenters. The molecule has 0 bridgehead atoms. The molecule has 1 heterocycles. The van der Waals surface area contributed by atoms with Crippen molar-refractivity contribution < 1.29 is 14.4 Å². The quantitative estimate of drug-likeness (QED) is 0.475. The van der Waals surface area contributed by atoms with Crippen LogP contribution < -0.4 is 0 Å². The third kappa shape index (κ3) is 6.90. The number of hydroxylamine groups is 2. The molecule has 1 saturated heterocycles. The van der Waals surface area contributed by atoms with Crippen LogP contribution >= 0.6 is 0 Å². The first kappa shape index (κ1) is 22.4. The van der Waals surface area contributed by atoms with Crippen LogP contribution in [-0.4, -0.2) is 34.3 Å². The van der Waals surface area contributed by atoms with Gasteiger partial charge in [-0.05, 0) is 47.0 Å². The van der Waals surface area contributed by atoms with E-state index in [9.17, 15) is 4.79 Å². The fraction of sp³-hybridized carbons (Fsp3) is 0.952. The van der Waals surface area contributed by atoms with E-state index in [0.29, 0.717) is 6.42 Å². The maximum absolute atomic E-state index is 12.0. The number of nitrogens with zero attached hydrogens (tertiary/aromatic N) is 1. The van der Waals surface area contributed by atoms with Gasteiger partial charge in [0.15, 0.2) is 0 Å². The van der Waals surface area contributed by atoms with E-state index in [1.807, 2.05) is 0 Å². The molecule has 0 radical (unpaired) electrons. The topological polar surface area (TPSA) is 38.8 Å². The Labute approximate surface area is 155 Å². The monoisotopic (exact) mass is 355 g/mol. The van der Waals surface area contributed by atoms with Crippen LogP contribution in [0.2, 0.25) is 0 Å². The normalized spacial score (nSPS) is 21.9. The highest BCUT2D eigenvalue weighted by Crippen LogP contribution is 2.40. The summed E-state index contributed by atoms with van der Waals surface area (Å²) >= 11 is 0. The summed E-state index contributed by atoms with van der Waals surface area (Å²) in [7, 11) is 0. The number of unbranched alkanes of at least 4 members (excludes halogenated alkanes) is 2. The molecule has 25 heavy (non-hydrogen) atoms. The van der Waals surface area contributed by atoms with Gasteiger partial charge in [-0.2, -0.15) is 5.06 Å². The Hall–Kier alpha value is -0.610. The molecule has 0 aromatic heterocycles. The summed E-state index contributed by atoms with van der Waals surface area (Å²) in [6.45, 7) is 15.3. The van der Waals surface area contributed by atoms with Gasteiger partial charge >= 0.3 is 5.97 Å². The zero-order valence-corrected chi connectivity index (χ0v) is 17.7. The van der Waals surface area contributed by atoms with Gasteiger partial charge in [-0.1, -0.05) is 40.0 Å². The van der Waals surface area contributed by atoms with E-state index in [0.717, 1.165) is 38.5 Å². The number of esters is 1. The number of hydrogen-bond donors (Lipinski definition) is 0. The van der Waals surface area contributed by atoms with E-state index in [1.54, 1.807) is 0 Å². The Morgan fingerprint density at radius 3 is 2.08 bits per heavy atom. The Balaban J connectivity index is 2.75. The average molecular weight is 356 g/mol. The van der Waals surface area contributed by atoms with Gasteiger partial charge in [0.05, 0.1) is 6.10 Å². The lowest BCUT2D eigenvalue weighted by atomic mass is 9.80. The second kappa shape index (κ2) is 9.91. The molecule has 1 fully saturated rings. The van der Waals surface area contributed by atoms with Crippen LogP contribution in [0.25, 0.3) is 0 Å². The average Bonchev–Trinajstić information content (AvgIpc) is 2.50. The van der Waals surface area contributed by atoms with Gasteiger partial charge in [-0.15, -0.1) is 0 Å². The van der Waals surface area contributed by atoms with Crippen molar-refractivity contribution >= 4 is 5.97 Å². The molecule has 0 aliphatic carbocycles. The molecule has 0 aromatic rings. The van der Waals surface area contributed by atoms with Gasteiger partial charge in [0.1, 0.15) is 6.10 Å². The van der Waals surface area contributed by atoms with Crippen LogP contribution in [0.15, 0.2) is 0 Å².